The molecule has 11 heteroatoms. The molecule has 170 valence electrons. The van der Waals surface area contributed by atoms with Gasteiger partial charge in [0.1, 0.15) is 24.6 Å². The molecule has 0 unspecified atom stereocenters. The Kier molecular flexibility index (Phi) is 6.86. The van der Waals surface area contributed by atoms with Crippen LogP contribution < -0.4 is 21.9 Å². The minimum atomic E-state index is -4.51. The summed E-state index contributed by atoms with van der Waals surface area (Å²) in [5, 5.41) is 5.55. The number of rotatable bonds is 7. The van der Waals surface area contributed by atoms with E-state index in [0.29, 0.717) is 22.4 Å². The van der Waals surface area contributed by atoms with Crippen molar-refractivity contribution in [3.8, 4) is 11.1 Å². The zero-order valence-electron chi connectivity index (χ0n) is 17.2. The second kappa shape index (κ2) is 9.58. The maximum atomic E-state index is 12.7. The molecule has 8 nitrogen and oxygen atoms in total. The number of nitrogens with zero attached hydrogens (tertiary/aromatic N) is 2. The molecule has 2 aromatic rings. The number of ether oxygens (including phenoxy) is 1. The molecule has 0 radical (unpaired) electrons. The van der Waals surface area contributed by atoms with Gasteiger partial charge in [-0.25, -0.2) is 4.99 Å². The number of alkyl halides is 3. The van der Waals surface area contributed by atoms with Crippen LogP contribution in [0.1, 0.15) is 13.3 Å². The lowest BCUT2D eigenvalue weighted by Gasteiger charge is -2.20. The van der Waals surface area contributed by atoms with Gasteiger partial charge in [-0.3, -0.25) is 9.59 Å². The van der Waals surface area contributed by atoms with Gasteiger partial charge in [-0.2, -0.15) is 13.2 Å². The second-order valence-corrected chi connectivity index (χ2v) is 6.93. The predicted octanol–water partition coefficient (Wildman–Crippen LogP) is 2.57. The Hall–Kier alpha value is -3.76. The summed E-state index contributed by atoms with van der Waals surface area (Å²) >= 11 is 0. The van der Waals surface area contributed by atoms with Gasteiger partial charge in [0.05, 0.1) is 6.61 Å². The largest absolute Gasteiger partial charge is 0.479 e. The minimum absolute atomic E-state index is 0.0403. The topological polar surface area (TPSA) is 111 Å². The highest BCUT2D eigenvalue weighted by Crippen LogP contribution is 2.21. The van der Waals surface area contributed by atoms with Gasteiger partial charge in [-0.1, -0.05) is 19.1 Å². The summed E-state index contributed by atoms with van der Waals surface area (Å²) in [5.41, 5.74) is 6.10. The Labute approximate surface area is 181 Å². The lowest BCUT2D eigenvalue weighted by molar-refractivity contribution is -0.141. The number of aliphatic imine (C=N–C) groups is 1. The Morgan fingerprint density at radius 1 is 1.28 bits per heavy atom. The van der Waals surface area contributed by atoms with E-state index in [0.717, 1.165) is 12.6 Å². The number of hydrogen-bond donors (Lipinski definition) is 3. The number of anilines is 1. The molecule has 1 aliphatic rings. The molecular formula is C21H22F3N5O3. The zero-order chi connectivity index (χ0) is 23.3. The molecule has 0 fully saturated rings. The van der Waals surface area contributed by atoms with Crippen molar-refractivity contribution in [2.75, 3.05) is 18.6 Å². The molecule has 0 atom stereocenters. The third-order valence-electron chi connectivity index (χ3n) is 4.47. The van der Waals surface area contributed by atoms with Crippen LogP contribution in [-0.2, 0) is 16.1 Å². The summed E-state index contributed by atoms with van der Waals surface area (Å²) < 4.78 is 44.2. The fourth-order valence-electron chi connectivity index (χ4n) is 3.03. The first-order chi connectivity index (χ1) is 15.2. The van der Waals surface area contributed by atoms with Crippen molar-refractivity contribution >= 4 is 17.4 Å². The number of amidine groups is 1. The molecule has 0 saturated carbocycles. The van der Waals surface area contributed by atoms with E-state index in [1.54, 1.807) is 0 Å². The highest BCUT2D eigenvalue weighted by molar-refractivity contribution is 6.24. The van der Waals surface area contributed by atoms with Crippen molar-refractivity contribution in [2.24, 2.45) is 10.7 Å². The van der Waals surface area contributed by atoms with Gasteiger partial charge >= 0.3 is 6.18 Å². The van der Waals surface area contributed by atoms with Gasteiger partial charge < -0.3 is 25.7 Å². The van der Waals surface area contributed by atoms with Crippen molar-refractivity contribution in [3.63, 3.8) is 0 Å². The number of aromatic nitrogens is 1. The van der Waals surface area contributed by atoms with Crippen LogP contribution in [0.2, 0.25) is 0 Å². The number of nitrogens with one attached hydrogen (secondary N) is 2. The molecule has 0 spiro atoms. The minimum Gasteiger partial charge on any atom is -0.479 e. The number of benzene rings is 1. The van der Waals surface area contributed by atoms with Gasteiger partial charge in [-0.05, 0) is 36.2 Å². The fraction of sp³-hybridized carbons (Fsp3) is 0.286. The molecule has 1 aromatic heterocycles. The van der Waals surface area contributed by atoms with E-state index in [-0.39, 0.29) is 29.5 Å². The highest BCUT2D eigenvalue weighted by atomic mass is 19.4. The van der Waals surface area contributed by atoms with Gasteiger partial charge in [0.2, 0.25) is 5.88 Å². The van der Waals surface area contributed by atoms with Gasteiger partial charge in [0.15, 0.2) is 0 Å². The van der Waals surface area contributed by atoms with Gasteiger partial charge in [0.25, 0.3) is 11.5 Å². The van der Waals surface area contributed by atoms with E-state index in [9.17, 15) is 22.8 Å². The van der Waals surface area contributed by atoms with Crippen LogP contribution in [0.4, 0.5) is 18.9 Å². The Morgan fingerprint density at radius 3 is 2.66 bits per heavy atom. The SMILES string of the molecule is CCCOC1=C(C(=O)Nc2ccc(-c3cccn(CC(F)(F)F)c3=O)cc2)C(N)=NCN1. The summed E-state index contributed by atoms with van der Waals surface area (Å²) in [6.45, 7) is 1.14. The summed E-state index contributed by atoms with van der Waals surface area (Å²) in [5.74, 6) is -0.258. The average molecular weight is 449 g/mol. The molecule has 0 bridgehead atoms. The zero-order valence-corrected chi connectivity index (χ0v) is 17.2. The van der Waals surface area contributed by atoms with Crippen molar-refractivity contribution in [2.45, 2.75) is 26.1 Å². The molecule has 1 aromatic carbocycles. The van der Waals surface area contributed by atoms with E-state index in [1.165, 1.54) is 36.4 Å². The Morgan fingerprint density at radius 2 is 2.00 bits per heavy atom. The molecule has 4 N–H and O–H groups in total. The molecule has 2 heterocycles. The normalized spacial score (nSPS) is 13.9. The van der Waals surface area contributed by atoms with Crippen molar-refractivity contribution in [1.82, 2.24) is 9.88 Å². The van der Waals surface area contributed by atoms with E-state index < -0.39 is 24.2 Å². The highest BCUT2D eigenvalue weighted by Gasteiger charge is 2.28. The summed E-state index contributed by atoms with van der Waals surface area (Å²) in [6, 6.07) is 8.94. The number of hydrogen-bond acceptors (Lipinski definition) is 6. The lowest BCUT2D eigenvalue weighted by atomic mass is 10.1. The number of halogens is 3. The van der Waals surface area contributed by atoms with E-state index in [2.05, 4.69) is 15.6 Å². The third kappa shape index (κ3) is 5.48. The summed E-state index contributed by atoms with van der Waals surface area (Å²) in [4.78, 5) is 29.1. The molecule has 32 heavy (non-hydrogen) atoms. The Bertz CT molecular complexity index is 1100. The van der Waals surface area contributed by atoms with Crippen molar-refractivity contribution in [1.29, 1.82) is 0 Å². The van der Waals surface area contributed by atoms with E-state index in [1.807, 2.05) is 6.92 Å². The van der Waals surface area contributed by atoms with Gasteiger partial charge in [0, 0.05) is 17.4 Å². The number of amides is 1. The third-order valence-corrected chi connectivity index (χ3v) is 4.47. The van der Waals surface area contributed by atoms with Crippen molar-refractivity contribution in [3.05, 3.63) is 64.4 Å². The monoisotopic (exact) mass is 449 g/mol. The van der Waals surface area contributed by atoms with Crippen LogP contribution >= 0.6 is 0 Å². The van der Waals surface area contributed by atoms with Crippen LogP contribution in [0.3, 0.4) is 0 Å². The average Bonchev–Trinajstić information content (AvgIpc) is 2.73. The predicted molar refractivity (Wildman–Crippen MR) is 114 cm³/mol. The first kappa shape index (κ1) is 22.9. The van der Waals surface area contributed by atoms with Gasteiger partial charge in [-0.15, -0.1) is 0 Å². The lowest BCUT2D eigenvalue weighted by Crippen LogP contribution is -2.36. The van der Waals surface area contributed by atoms with Crippen LogP contribution in [0, 0.1) is 0 Å². The quantitative estimate of drug-likeness (QED) is 0.602. The van der Waals surface area contributed by atoms with E-state index >= 15 is 0 Å². The van der Waals surface area contributed by atoms with Crippen LogP contribution in [-0.4, -0.2) is 35.8 Å². The molecule has 0 saturated heterocycles. The first-order valence-corrected chi connectivity index (χ1v) is 9.79. The fourth-order valence-corrected chi connectivity index (χ4v) is 3.03. The maximum Gasteiger partial charge on any atom is 0.406 e. The maximum absolute atomic E-state index is 12.7. The number of pyridine rings is 1. The van der Waals surface area contributed by atoms with Crippen LogP contribution in [0.15, 0.2) is 63.8 Å². The Balaban J connectivity index is 1.80. The number of nitrogens with two attached hydrogens (primary N) is 1. The smallest absolute Gasteiger partial charge is 0.406 e. The van der Waals surface area contributed by atoms with Crippen molar-refractivity contribution < 1.29 is 22.7 Å². The standard InChI is InChI=1S/C21H22F3N5O3/c1-2-10-32-19-16(17(25)26-12-27-19)18(30)28-14-7-5-13(6-8-14)15-4-3-9-29(20(15)31)11-21(22,23)24/h3-9,27H,2,10-12H2,1H3,(H2,25,26)(H,28,30). The number of carbonyl (C=O) groups is 1. The molecule has 3 rings (SSSR count). The first-order valence-electron chi connectivity index (χ1n) is 9.79. The molecule has 0 aliphatic carbocycles. The molecular weight excluding hydrogens is 427 g/mol. The summed E-state index contributed by atoms with van der Waals surface area (Å²) in [7, 11) is 0. The summed E-state index contributed by atoms with van der Waals surface area (Å²) in [6.07, 6.45) is -2.68. The molecule has 1 amide bonds. The van der Waals surface area contributed by atoms with Crippen LogP contribution in [0.5, 0.6) is 0 Å². The van der Waals surface area contributed by atoms with E-state index in [4.69, 9.17) is 10.5 Å². The van der Waals surface area contributed by atoms with Crippen LogP contribution in [0.25, 0.3) is 11.1 Å². The molecule has 1 aliphatic heterocycles. The number of carbonyl (C=O) groups excluding carboxylic acids is 1. The second-order valence-electron chi connectivity index (χ2n) is 6.93.